The molecule has 0 spiro atoms. The van der Waals surface area contributed by atoms with Gasteiger partial charge in [0, 0.05) is 18.9 Å². The van der Waals surface area contributed by atoms with Crippen molar-refractivity contribution in [2.24, 2.45) is 5.73 Å². The molecule has 0 aliphatic rings. The second-order valence-corrected chi connectivity index (χ2v) is 3.42. The highest BCUT2D eigenvalue weighted by Gasteiger charge is 2.08. The van der Waals surface area contributed by atoms with Crippen LogP contribution < -0.4 is 11.1 Å². The lowest BCUT2D eigenvalue weighted by Crippen LogP contribution is -2.30. The van der Waals surface area contributed by atoms with Crippen LogP contribution in [0.1, 0.15) is 18.5 Å². The first-order valence-electron chi connectivity index (χ1n) is 5.21. The van der Waals surface area contributed by atoms with E-state index in [1.54, 1.807) is 12.4 Å². The zero-order chi connectivity index (χ0) is 11.8. The smallest absolute Gasteiger partial charge is 0.246 e. The first kappa shape index (κ1) is 12.6. The summed E-state index contributed by atoms with van der Waals surface area (Å²) in [5.41, 5.74) is 6.21. The molecule has 0 aliphatic carbocycles. The van der Waals surface area contributed by atoms with Gasteiger partial charge in [-0.25, -0.2) is 0 Å². The fourth-order valence-electron chi connectivity index (χ4n) is 1.25. The number of amides is 1. The van der Waals surface area contributed by atoms with E-state index < -0.39 is 0 Å². The third kappa shape index (κ3) is 4.37. The molecule has 0 radical (unpaired) electrons. The summed E-state index contributed by atoms with van der Waals surface area (Å²) in [6.07, 6.45) is 3.42. The molecule has 1 unspecified atom stereocenters. The van der Waals surface area contributed by atoms with E-state index in [0.717, 1.165) is 5.56 Å². The summed E-state index contributed by atoms with van der Waals surface area (Å²) in [5.74, 6) is -0.148. The quantitative estimate of drug-likeness (QED) is 0.677. The summed E-state index contributed by atoms with van der Waals surface area (Å²) in [6, 6.07) is 3.68. The van der Waals surface area contributed by atoms with Gasteiger partial charge < -0.3 is 15.8 Å². The largest absolute Gasteiger partial charge is 0.370 e. The first-order valence-corrected chi connectivity index (χ1v) is 5.21. The van der Waals surface area contributed by atoms with Gasteiger partial charge in [0.1, 0.15) is 6.61 Å². The van der Waals surface area contributed by atoms with Crippen molar-refractivity contribution < 1.29 is 9.53 Å². The first-order chi connectivity index (χ1) is 7.74. The lowest BCUT2D eigenvalue weighted by Gasteiger charge is -2.13. The van der Waals surface area contributed by atoms with Gasteiger partial charge >= 0.3 is 0 Å². The number of rotatable bonds is 6. The van der Waals surface area contributed by atoms with Crippen molar-refractivity contribution in [3.05, 3.63) is 30.1 Å². The number of carbonyl (C=O) groups is 1. The summed E-state index contributed by atoms with van der Waals surface area (Å²) in [7, 11) is 0. The predicted molar refractivity (Wildman–Crippen MR) is 60.7 cm³/mol. The number of ether oxygens (including phenoxy) is 1. The summed E-state index contributed by atoms with van der Waals surface area (Å²) >= 11 is 0. The van der Waals surface area contributed by atoms with Crippen LogP contribution in [0.3, 0.4) is 0 Å². The Hall–Kier alpha value is -1.46. The fourth-order valence-corrected chi connectivity index (χ4v) is 1.25. The molecule has 16 heavy (non-hydrogen) atoms. The van der Waals surface area contributed by atoms with Crippen LogP contribution in [0.4, 0.5) is 0 Å². The lowest BCUT2D eigenvalue weighted by atomic mass is 10.1. The fraction of sp³-hybridized carbons (Fsp3) is 0.455. The number of hydrogen-bond donors (Lipinski definition) is 2. The Morgan fingerprint density at radius 2 is 2.50 bits per heavy atom. The van der Waals surface area contributed by atoms with Crippen LogP contribution in [0.2, 0.25) is 0 Å². The zero-order valence-corrected chi connectivity index (χ0v) is 9.35. The molecule has 1 amide bonds. The highest BCUT2D eigenvalue weighted by molar-refractivity contribution is 5.77. The SMILES string of the molecule is CC(NC(=O)COCCN)c1cccnc1. The molecular weight excluding hydrogens is 206 g/mol. The highest BCUT2D eigenvalue weighted by Crippen LogP contribution is 2.09. The van der Waals surface area contributed by atoms with Crippen molar-refractivity contribution in [1.29, 1.82) is 0 Å². The minimum atomic E-state index is -0.148. The monoisotopic (exact) mass is 223 g/mol. The second kappa shape index (κ2) is 6.92. The Morgan fingerprint density at radius 3 is 3.12 bits per heavy atom. The summed E-state index contributed by atoms with van der Waals surface area (Å²) in [4.78, 5) is 15.4. The Labute approximate surface area is 95.0 Å². The van der Waals surface area contributed by atoms with E-state index in [9.17, 15) is 4.79 Å². The lowest BCUT2D eigenvalue weighted by molar-refractivity contribution is -0.126. The molecule has 0 saturated carbocycles. The van der Waals surface area contributed by atoms with Gasteiger partial charge in [-0.15, -0.1) is 0 Å². The molecule has 1 heterocycles. The van der Waals surface area contributed by atoms with Gasteiger partial charge in [0.2, 0.25) is 5.91 Å². The Morgan fingerprint density at radius 1 is 1.69 bits per heavy atom. The molecule has 1 atom stereocenters. The maximum Gasteiger partial charge on any atom is 0.246 e. The van der Waals surface area contributed by atoms with Gasteiger partial charge in [-0.2, -0.15) is 0 Å². The van der Waals surface area contributed by atoms with Crippen LogP contribution in [0.15, 0.2) is 24.5 Å². The van der Waals surface area contributed by atoms with Crippen molar-refractivity contribution in [2.75, 3.05) is 19.8 Å². The molecule has 5 nitrogen and oxygen atoms in total. The second-order valence-electron chi connectivity index (χ2n) is 3.42. The average molecular weight is 223 g/mol. The topological polar surface area (TPSA) is 77.2 Å². The van der Waals surface area contributed by atoms with Crippen LogP contribution in [-0.4, -0.2) is 30.6 Å². The average Bonchev–Trinajstić information content (AvgIpc) is 2.30. The Balaban J connectivity index is 2.34. The number of hydrogen-bond acceptors (Lipinski definition) is 4. The number of nitrogens with two attached hydrogens (primary N) is 1. The Kier molecular flexibility index (Phi) is 5.45. The van der Waals surface area contributed by atoms with Crippen molar-refractivity contribution in [3.63, 3.8) is 0 Å². The molecule has 3 N–H and O–H groups in total. The molecular formula is C11H17N3O2. The molecule has 88 valence electrons. The van der Waals surface area contributed by atoms with Crippen molar-refractivity contribution in [2.45, 2.75) is 13.0 Å². The van der Waals surface area contributed by atoms with Gasteiger partial charge in [-0.3, -0.25) is 9.78 Å². The minimum Gasteiger partial charge on any atom is -0.370 e. The molecule has 1 aromatic heterocycles. The molecule has 0 fully saturated rings. The number of nitrogens with one attached hydrogen (secondary N) is 1. The van der Waals surface area contributed by atoms with Crippen LogP contribution in [0.25, 0.3) is 0 Å². The summed E-state index contributed by atoms with van der Waals surface area (Å²) < 4.78 is 5.03. The molecule has 0 saturated heterocycles. The van der Waals surface area contributed by atoms with E-state index in [1.807, 2.05) is 19.1 Å². The van der Waals surface area contributed by atoms with E-state index in [2.05, 4.69) is 10.3 Å². The van der Waals surface area contributed by atoms with Crippen LogP contribution in [0.5, 0.6) is 0 Å². The number of nitrogens with zero attached hydrogens (tertiary/aromatic N) is 1. The van der Waals surface area contributed by atoms with Gasteiger partial charge in [0.05, 0.1) is 12.6 Å². The van der Waals surface area contributed by atoms with Crippen LogP contribution in [-0.2, 0) is 9.53 Å². The number of aromatic nitrogens is 1. The van der Waals surface area contributed by atoms with Gasteiger partial charge in [0.25, 0.3) is 0 Å². The molecule has 1 rings (SSSR count). The van der Waals surface area contributed by atoms with Crippen molar-refractivity contribution in [1.82, 2.24) is 10.3 Å². The normalized spacial score (nSPS) is 12.1. The van der Waals surface area contributed by atoms with E-state index >= 15 is 0 Å². The summed E-state index contributed by atoms with van der Waals surface area (Å²) in [6.45, 7) is 2.76. The van der Waals surface area contributed by atoms with Crippen molar-refractivity contribution in [3.8, 4) is 0 Å². The molecule has 0 bridgehead atoms. The molecule has 1 aromatic rings. The Bertz CT molecular complexity index is 316. The summed E-state index contributed by atoms with van der Waals surface area (Å²) in [5, 5.41) is 2.81. The van der Waals surface area contributed by atoms with E-state index in [0.29, 0.717) is 13.2 Å². The van der Waals surface area contributed by atoms with Gasteiger partial charge in [-0.05, 0) is 18.6 Å². The third-order valence-electron chi connectivity index (χ3n) is 2.06. The van der Waals surface area contributed by atoms with E-state index in [1.165, 1.54) is 0 Å². The minimum absolute atomic E-state index is 0.0435. The van der Waals surface area contributed by atoms with Crippen molar-refractivity contribution >= 4 is 5.91 Å². The highest BCUT2D eigenvalue weighted by atomic mass is 16.5. The van der Waals surface area contributed by atoms with Crippen LogP contribution in [0, 0.1) is 0 Å². The molecule has 0 aromatic carbocycles. The maximum atomic E-state index is 11.4. The van der Waals surface area contributed by atoms with Crippen LogP contribution >= 0.6 is 0 Å². The molecule has 0 aliphatic heterocycles. The van der Waals surface area contributed by atoms with E-state index in [-0.39, 0.29) is 18.6 Å². The van der Waals surface area contributed by atoms with Gasteiger partial charge in [-0.1, -0.05) is 6.07 Å². The zero-order valence-electron chi connectivity index (χ0n) is 9.35. The standard InChI is InChI=1S/C11H17N3O2/c1-9(10-3-2-5-13-7-10)14-11(15)8-16-6-4-12/h2-3,5,7,9H,4,6,8,12H2,1H3,(H,14,15). The number of carbonyl (C=O) groups excluding carboxylic acids is 1. The number of pyridine rings is 1. The van der Waals surface area contributed by atoms with E-state index in [4.69, 9.17) is 10.5 Å². The molecule has 5 heteroatoms. The predicted octanol–water partition coefficient (Wildman–Crippen LogP) is 0.234. The van der Waals surface area contributed by atoms with Gasteiger partial charge in [0.15, 0.2) is 0 Å². The maximum absolute atomic E-state index is 11.4. The third-order valence-corrected chi connectivity index (χ3v) is 2.06.